The summed E-state index contributed by atoms with van der Waals surface area (Å²) in [5, 5.41) is 13.8. The molecule has 2 rings (SSSR count). The fraction of sp³-hybridized carbons (Fsp3) is 0.188. The van der Waals surface area contributed by atoms with E-state index in [0.717, 1.165) is 0 Å². The van der Waals surface area contributed by atoms with E-state index in [1.165, 1.54) is 12.1 Å². The van der Waals surface area contributed by atoms with E-state index in [4.69, 9.17) is 16.3 Å². The van der Waals surface area contributed by atoms with Gasteiger partial charge in [-0.1, -0.05) is 29.8 Å². The minimum atomic E-state index is -0.522. The lowest BCUT2D eigenvalue weighted by Gasteiger charge is -2.16. The van der Waals surface area contributed by atoms with E-state index >= 15 is 0 Å². The molecule has 0 aliphatic heterocycles. The minimum absolute atomic E-state index is 0.0837. The fourth-order valence-electron chi connectivity index (χ4n) is 2.00. The highest BCUT2D eigenvalue weighted by molar-refractivity contribution is 6.34. The second kappa shape index (κ2) is 7.65. The van der Waals surface area contributed by atoms with E-state index in [1.54, 1.807) is 43.3 Å². The first kappa shape index (κ1) is 17.6. The lowest BCUT2D eigenvalue weighted by Crippen LogP contribution is -2.21. The van der Waals surface area contributed by atoms with Gasteiger partial charge in [0.1, 0.15) is 11.4 Å². The molecule has 2 aromatic rings. The van der Waals surface area contributed by atoms with Gasteiger partial charge in [-0.05, 0) is 18.2 Å². The Morgan fingerprint density at radius 3 is 2.54 bits per heavy atom. The SMILES string of the molecule is CN(C)c1cc(NC(=O)COc2ccccc2)c(Cl)cc1[N+](=O)[O-]. The van der Waals surface area contributed by atoms with Crippen LogP contribution in [0.25, 0.3) is 0 Å². The molecule has 0 aliphatic carbocycles. The molecule has 2 aromatic carbocycles. The van der Waals surface area contributed by atoms with E-state index < -0.39 is 10.8 Å². The molecule has 0 atom stereocenters. The molecule has 0 aliphatic rings. The highest BCUT2D eigenvalue weighted by Crippen LogP contribution is 2.35. The van der Waals surface area contributed by atoms with Crippen LogP contribution in [0.5, 0.6) is 5.75 Å². The zero-order valence-electron chi connectivity index (χ0n) is 13.2. The molecule has 0 aromatic heterocycles. The Morgan fingerprint density at radius 1 is 1.29 bits per heavy atom. The number of ether oxygens (including phenoxy) is 1. The topological polar surface area (TPSA) is 84.7 Å². The molecular formula is C16H16ClN3O4. The first-order valence-corrected chi connectivity index (χ1v) is 7.39. The summed E-state index contributed by atoms with van der Waals surface area (Å²) in [6, 6.07) is 11.6. The first-order valence-electron chi connectivity index (χ1n) is 7.01. The normalized spacial score (nSPS) is 10.1. The number of nitro benzene ring substituents is 1. The lowest BCUT2D eigenvalue weighted by atomic mass is 10.2. The van der Waals surface area contributed by atoms with Crippen molar-refractivity contribution in [3.05, 3.63) is 57.6 Å². The number of benzene rings is 2. The molecule has 0 bridgehead atoms. The third-order valence-corrected chi connectivity index (χ3v) is 3.44. The second-order valence-corrected chi connectivity index (χ2v) is 5.53. The average Bonchev–Trinajstić information content (AvgIpc) is 2.55. The third kappa shape index (κ3) is 4.36. The molecular weight excluding hydrogens is 334 g/mol. The van der Waals surface area contributed by atoms with Gasteiger partial charge >= 0.3 is 0 Å². The Balaban J connectivity index is 2.12. The molecule has 0 heterocycles. The molecule has 0 saturated carbocycles. The number of nitrogens with one attached hydrogen (secondary N) is 1. The largest absolute Gasteiger partial charge is 0.484 e. The maximum atomic E-state index is 12.0. The van der Waals surface area contributed by atoms with Gasteiger partial charge in [0.25, 0.3) is 11.6 Å². The van der Waals surface area contributed by atoms with Gasteiger partial charge in [0.05, 0.1) is 15.6 Å². The van der Waals surface area contributed by atoms with Crippen LogP contribution in [0.15, 0.2) is 42.5 Å². The van der Waals surface area contributed by atoms with Gasteiger partial charge < -0.3 is 15.0 Å². The summed E-state index contributed by atoms with van der Waals surface area (Å²) < 4.78 is 5.35. The summed E-state index contributed by atoms with van der Waals surface area (Å²) in [6.07, 6.45) is 0. The molecule has 0 unspecified atom stereocenters. The molecule has 0 radical (unpaired) electrons. The van der Waals surface area contributed by atoms with Crippen molar-refractivity contribution in [1.82, 2.24) is 0 Å². The lowest BCUT2D eigenvalue weighted by molar-refractivity contribution is -0.384. The smallest absolute Gasteiger partial charge is 0.294 e. The molecule has 0 spiro atoms. The monoisotopic (exact) mass is 349 g/mol. The van der Waals surface area contributed by atoms with E-state index in [0.29, 0.717) is 11.4 Å². The Bertz CT molecular complexity index is 750. The molecule has 0 fully saturated rings. The zero-order chi connectivity index (χ0) is 17.7. The van der Waals surface area contributed by atoms with Crippen LogP contribution >= 0.6 is 11.6 Å². The van der Waals surface area contributed by atoms with Gasteiger partial charge in [0, 0.05) is 20.2 Å². The Hall–Kier alpha value is -2.80. The summed E-state index contributed by atoms with van der Waals surface area (Å²) in [7, 11) is 3.33. The van der Waals surface area contributed by atoms with Crippen LogP contribution in [-0.4, -0.2) is 31.5 Å². The molecule has 8 heteroatoms. The van der Waals surface area contributed by atoms with Gasteiger partial charge in [-0.15, -0.1) is 0 Å². The molecule has 7 nitrogen and oxygen atoms in total. The number of nitrogens with zero attached hydrogens (tertiary/aromatic N) is 2. The number of rotatable bonds is 6. The van der Waals surface area contributed by atoms with Gasteiger partial charge in [-0.3, -0.25) is 14.9 Å². The predicted molar refractivity (Wildman–Crippen MR) is 93.0 cm³/mol. The number of hydrogen-bond acceptors (Lipinski definition) is 5. The van der Waals surface area contributed by atoms with Crippen LogP contribution in [0, 0.1) is 10.1 Å². The second-order valence-electron chi connectivity index (χ2n) is 5.12. The molecule has 1 N–H and O–H groups in total. The van der Waals surface area contributed by atoms with E-state index in [9.17, 15) is 14.9 Å². The van der Waals surface area contributed by atoms with Crippen LogP contribution in [0.1, 0.15) is 0 Å². The first-order chi connectivity index (χ1) is 11.4. The third-order valence-electron chi connectivity index (χ3n) is 3.13. The predicted octanol–water partition coefficient (Wildman–Crippen LogP) is 3.33. The zero-order valence-corrected chi connectivity index (χ0v) is 13.9. The van der Waals surface area contributed by atoms with Crippen molar-refractivity contribution >= 4 is 34.6 Å². The molecule has 24 heavy (non-hydrogen) atoms. The summed E-state index contributed by atoms with van der Waals surface area (Å²) in [6.45, 7) is -0.200. The van der Waals surface area contributed by atoms with Crippen LogP contribution in [0.4, 0.5) is 17.1 Å². The minimum Gasteiger partial charge on any atom is -0.484 e. The van der Waals surface area contributed by atoms with Gasteiger partial charge in [0.2, 0.25) is 0 Å². The van der Waals surface area contributed by atoms with Crippen molar-refractivity contribution in [2.75, 3.05) is 30.9 Å². The van der Waals surface area contributed by atoms with Gasteiger partial charge in [0.15, 0.2) is 6.61 Å². The maximum Gasteiger partial charge on any atom is 0.294 e. The van der Waals surface area contributed by atoms with E-state index in [1.807, 2.05) is 6.07 Å². The van der Waals surface area contributed by atoms with Crippen molar-refractivity contribution in [1.29, 1.82) is 0 Å². The highest BCUT2D eigenvalue weighted by atomic mass is 35.5. The van der Waals surface area contributed by atoms with Crippen LogP contribution in [-0.2, 0) is 4.79 Å². The molecule has 1 amide bonds. The van der Waals surface area contributed by atoms with Crippen LogP contribution in [0.3, 0.4) is 0 Å². The number of amides is 1. The Kier molecular flexibility index (Phi) is 5.59. The summed E-state index contributed by atoms with van der Waals surface area (Å²) >= 11 is 6.03. The van der Waals surface area contributed by atoms with Crippen molar-refractivity contribution < 1.29 is 14.5 Å². The van der Waals surface area contributed by atoms with Crippen LogP contribution < -0.4 is 15.0 Å². The van der Waals surface area contributed by atoms with Gasteiger partial charge in [-0.25, -0.2) is 0 Å². The summed E-state index contributed by atoms with van der Waals surface area (Å²) in [5.74, 6) is 0.149. The fourth-order valence-corrected chi connectivity index (χ4v) is 2.21. The number of carbonyl (C=O) groups is 1. The maximum absolute atomic E-state index is 12.0. The number of anilines is 2. The Labute approximate surface area is 143 Å². The standard InChI is InChI=1S/C16H16ClN3O4/c1-19(2)14-9-13(12(17)8-15(14)20(22)23)18-16(21)10-24-11-6-4-3-5-7-11/h3-9H,10H2,1-2H3,(H,18,21). The number of para-hydroxylation sites is 1. The number of halogens is 1. The van der Waals surface area contributed by atoms with Crippen molar-refractivity contribution in [3.8, 4) is 5.75 Å². The number of hydrogen-bond donors (Lipinski definition) is 1. The van der Waals surface area contributed by atoms with Crippen molar-refractivity contribution in [2.24, 2.45) is 0 Å². The highest BCUT2D eigenvalue weighted by Gasteiger charge is 2.20. The number of nitro groups is 1. The average molecular weight is 350 g/mol. The summed E-state index contributed by atoms with van der Waals surface area (Å²) in [4.78, 5) is 24.1. The quantitative estimate of drug-likeness (QED) is 0.638. The molecule has 126 valence electrons. The Morgan fingerprint density at radius 2 is 1.96 bits per heavy atom. The van der Waals surface area contributed by atoms with Crippen LogP contribution in [0.2, 0.25) is 5.02 Å². The molecule has 0 saturated heterocycles. The van der Waals surface area contributed by atoms with E-state index in [2.05, 4.69) is 5.32 Å². The van der Waals surface area contributed by atoms with Crippen molar-refractivity contribution in [3.63, 3.8) is 0 Å². The summed E-state index contributed by atoms with van der Waals surface area (Å²) in [5.41, 5.74) is 0.486. The van der Waals surface area contributed by atoms with E-state index in [-0.39, 0.29) is 23.0 Å². The van der Waals surface area contributed by atoms with Crippen molar-refractivity contribution in [2.45, 2.75) is 0 Å². The number of carbonyl (C=O) groups excluding carboxylic acids is 1. The van der Waals surface area contributed by atoms with Gasteiger partial charge in [-0.2, -0.15) is 0 Å².